The van der Waals surface area contributed by atoms with E-state index >= 15 is 0 Å². The first-order chi connectivity index (χ1) is 8.88. The minimum Gasteiger partial charge on any atom is -0.508 e. The zero-order valence-electron chi connectivity index (χ0n) is 10.4. The maximum atomic E-state index is 13.6. The highest BCUT2D eigenvalue weighted by atomic mass is 19.1. The van der Waals surface area contributed by atoms with Crippen LogP contribution in [0, 0.1) is 12.7 Å². The number of phenolic OH excluding ortho intramolecular Hbond substituents is 1. The summed E-state index contributed by atoms with van der Waals surface area (Å²) in [6.45, 7) is 1.77. The number of anilines is 1. The number of carbonyl (C=O) groups excluding carboxylic acids is 1. The third-order valence-electron chi connectivity index (χ3n) is 2.60. The molecule has 2 N–H and O–H groups in total. The fraction of sp³-hybridized carbons (Fsp3) is 0.167. The van der Waals surface area contributed by atoms with Gasteiger partial charge in [0.1, 0.15) is 19.4 Å². The van der Waals surface area contributed by atoms with E-state index in [1.54, 1.807) is 20.2 Å². The quantitative estimate of drug-likeness (QED) is 0.777. The van der Waals surface area contributed by atoms with Gasteiger partial charge in [-0.25, -0.2) is 4.39 Å². The summed E-state index contributed by atoms with van der Waals surface area (Å²) in [6, 6.07) is 1.88. The number of phenols is 1. The van der Waals surface area contributed by atoms with Gasteiger partial charge in [0.2, 0.25) is 0 Å². The van der Waals surface area contributed by atoms with Crippen LogP contribution < -0.4 is 10.8 Å². The van der Waals surface area contributed by atoms with E-state index in [9.17, 15) is 14.3 Å². The Morgan fingerprint density at radius 2 is 2.21 bits per heavy atom. The van der Waals surface area contributed by atoms with Crippen LogP contribution in [-0.2, 0) is 7.05 Å². The van der Waals surface area contributed by atoms with E-state index in [1.165, 1.54) is 4.68 Å². The number of rotatable bonds is 2. The molecule has 96 valence electrons. The first kappa shape index (κ1) is 13.1. The van der Waals surface area contributed by atoms with Crippen molar-refractivity contribution in [1.29, 1.82) is 0 Å². The lowest BCUT2D eigenvalue weighted by molar-refractivity contribution is 0.102. The van der Waals surface area contributed by atoms with Crippen LogP contribution in [0.2, 0.25) is 0 Å². The Hall–Kier alpha value is -2.31. The molecule has 2 aromatic rings. The first-order valence-corrected chi connectivity index (χ1v) is 5.48. The fourth-order valence-electron chi connectivity index (χ4n) is 1.66. The zero-order valence-corrected chi connectivity index (χ0v) is 10.4. The molecule has 0 unspecified atom stereocenters. The van der Waals surface area contributed by atoms with Gasteiger partial charge in [0, 0.05) is 24.9 Å². The standard InChI is InChI=1S/C12H11BFN3O2/c1-6-5-17(2)16-11(6)15-12(19)7-3-8(13)10(18)4-9(7)14/h3-5,18H,1-2H3,(H,15,16,19). The number of hydrogen-bond donors (Lipinski definition) is 2. The predicted octanol–water partition coefficient (Wildman–Crippen LogP) is 0.619. The molecule has 0 bridgehead atoms. The molecule has 2 radical (unpaired) electrons. The van der Waals surface area contributed by atoms with E-state index in [0.717, 1.165) is 17.7 Å². The fourth-order valence-corrected chi connectivity index (χ4v) is 1.66. The van der Waals surface area contributed by atoms with Crippen molar-refractivity contribution in [2.75, 3.05) is 5.32 Å². The predicted molar refractivity (Wildman–Crippen MR) is 69.4 cm³/mol. The summed E-state index contributed by atoms with van der Waals surface area (Å²) in [5.41, 5.74) is 0.438. The average Bonchev–Trinajstić information content (AvgIpc) is 2.62. The molecule has 0 aliphatic rings. The van der Waals surface area contributed by atoms with Crippen LogP contribution in [0.4, 0.5) is 10.2 Å². The molecule has 7 heteroatoms. The lowest BCUT2D eigenvalue weighted by Gasteiger charge is -2.07. The number of nitrogens with one attached hydrogen (secondary N) is 1. The molecule has 19 heavy (non-hydrogen) atoms. The Kier molecular flexibility index (Phi) is 3.29. The second-order valence-corrected chi connectivity index (χ2v) is 4.18. The van der Waals surface area contributed by atoms with Gasteiger partial charge in [-0.1, -0.05) is 5.46 Å². The zero-order chi connectivity index (χ0) is 14.2. The van der Waals surface area contributed by atoms with Gasteiger partial charge in [-0.3, -0.25) is 9.48 Å². The molecule has 0 spiro atoms. The number of nitrogens with zero attached hydrogens (tertiary/aromatic N) is 2. The van der Waals surface area contributed by atoms with Gasteiger partial charge in [-0.05, 0) is 13.0 Å². The van der Waals surface area contributed by atoms with E-state index in [2.05, 4.69) is 10.4 Å². The molecule has 0 saturated heterocycles. The monoisotopic (exact) mass is 259 g/mol. The molecule has 0 aliphatic heterocycles. The van der Waals surface area contributed by atoms with Gasteiger partial charge < -0.3 is 10.4 Å². The van der Waals surface area contributed by atoms with E-state index < -0.39 is 17.5 Å². The van der Waals surface area contributed by atoms with Crippen molar-refractivity contribution >= 4 is 25.0 Å². The van der Waals surface area contributed by atoms with Crippen LogP contribution >= 0.6 is 0 Å². The number of amides is 1. The molecule has 1 aromatic carbocycles. The Morgan fingerprint density at radius 3 is 2.79 bits per heavy atom. The van der Waals surface area contributed by atoms with E-state index in [1.807, 2.05) is 0 Å². The number of aromatic hydroxyl groups is 1. The van der Waals surface area contributed by atoms with Crippen molar-refractivity contribution in [2.45, 2.75) is 6.92 Å². The lowest BCUT2D eigenvalue weighted by Crippen LogP contribution is -2.18. The Morgan fingerprint density at radius 1 is 1.53 bits per heavy atom. The van der Waals surface area contributed by atoms with Crippen LogP contribution in [-0.4, -0.2) is 28.6 Å². The summed E-state index contributed by atoms with van der Waals surface area (Å²) in [6.07, 6.45) is 1.72. The molecule has 0 saturated carbocycles. The third-order valence-corrected chi connectivity index (χ3v) is 2.60. The number of carbonyl (C=O) groups is 1. The van der Waals surface area contributed by atoms with Crippen LogP contribution in [0.25, 0.3) is 0 Å². The Bertz CT molecular complexity index is 655. The highest BCUT2D eigenvalue weighted by molar-refractivity contribution is 6.34. The summed E-state index contributed by atoms with van der Waals surface area (Å²) in [7, 11) is 7.15. The molecule has 1 aromatic heterocycles. The van der Waals surface area contributed by atoms with Crippen molar-refractivity contribution in [3.05, 3.63) is 35.3 Å². The topological polar surface area (TPSA) is 67.2 Å². The van der Waals surface area contributed by atoms with Crippen LogP contribution in [0.15, 0.2) is 18.3 Å². The second kappa shape index (κ2) is 4.76. The minimum absolute atomic E-state index is 0.0655. The summed E-state index contributed by atoms with van der Waals surface area (Å²) in [5.74, 6) is -1.58. The van der Waals surface area contributed by atoms with Gasteiger partial charge in [0.05, 0.1) is 5.56 Å². The number of aryl methyl sites for hydroxylation is 2. The summed E-state index contributed by atoms with van der Waals surface area (Å²) in [4.78, 5) is 11.9. The molecule has 0 aliphatic carbocycles. The van der Waals surface area contributed by atoms with E-state index in [0.29, 0.717) is 5.82 Å². The highest BCUT2D eigenvalue weighted by Gasteiger charge is 2.16. The Labute approximate surface area is 110 Å². The van der Waals surface area contributed by atoms with Gasteiger partial charge in [-0.2, -0.15) is 5.10 Å². The number of hydrogen-bond acceptors (Lipinski definition) is 3. The van der Waals surface area contributed by atoms with E-state index in [4.69, 9.17) is 7.85 Å². The molecular weight excluding hydrogens is 248 g/mol. The van der Waals surface area contributed by atoms with Crippen LogP contribution in [0.3, 0.4) is 0 Å². The summed E-state index contributed by atoms with van der Waals surface area (Å²) < 4.78 is 15.1. The number of benzene rings is 1. The number of halogens is 1. The maximum absolute atomic E-state index is 13.6. The number of aromatic nitrogens is 2. The molecule has 0 atom stereocenters. The molecule has 5 nitrogen and oxygen atoms in total. The van der Waals surface area contributed by atoms with Crippen molar-refractivity contribution < 1.29 is 14.3 Å². The van der Waals surface area contributed by atoms with Crippen molar-refractivity contribution in [3.8, 4) is 5.75 Å². The minimum atomic E-state index is -0.849. The molecule has 0 fully saturated rings. The molecule has 1 heterocycles. The van der Waals surface area contributed by atoms with Gasteiger partial charge in [-0.15, -0.1) is 0 Å². The van der Waals surface area contributed by atoms with Crippen molar-refractivity contribution in [2.24, 2.45) is 7.05 Å². The summed E-state index contributed by atoms with van der Waals surface area (Å²) in [5, 5.41) is 15.7. The SMILES string of the molecule is [B]c1cc(C(=O)Nc2nn(C)cc2C)c(F)cc1O. The first-order valence-electron chi connectivity index (χ1n) is 5.48. The van der Waals surface area contributed by atoms with Crippen molar-refractivity contribution in [1.82, 2.24) is 9.78 Å². The summed E-state index contributed by atoms with van der Waals surface area (Å²) >= 11 is 0. The average molecular weight is 259 g/mol. The molecule has 2 rings (SSSR count). The largest absolute Gasteiger partial charge is 0.508 e. The Balaban J connectivity index is 2.30. The normalized spacial score (nSPS) is 10.5. The van der Waals surface area contributed by atoms with Gasteiger partial charge in [0.15, 0.2) is 5.82 Å². The van der Waals surface area contributed by atoms with Crippen molar-refractivity contribution in [3.63, 3.8) is 0 Å². The maximum Gasteiger partial charge on any atom is 0.259 e. The lowest BCUT2D eigenvalue weighted by atomic mass is 9.92. The van der Waals surface area contributed by atoms with Crippen LogP contribution in [0.5, 0.6) is 5.75 Å². The molecular formula is C12H11BFN3O2. The second-order valence-electron chi connectivity index (χ2n) is 4.18. The van der Waals surface area contributed by atoms with E-state index in [-0.39, 0.29) is 11.0 Å². The third kappa shape index (κ3) is 2.59. The highest BCUT2D eigenvalue weighted by Crippen LogP contribution is 2.16. The smallest absolute Gasteiger partial charge is 0.259 e. The van der Waals surface area contributed by atoms with Gasteiger partial charge in [0.25, 0.3) is 5.91 Å². The van der Waals surface area contributed by atoms with Gasteiger partial charge >= 0.3 is 0 Å². The van der Waals surface area contributed by atoms with Crippen LogP contribution in [0.1, 0.15) is 15.9 Å². The molecule has 1 amide bonds.